The van der Waals surface area contributed by atoms with E-state index >= 15 is 0 Å². The molecule has 1 saturated heterocycles. The van der Waals surface area contributed by atoms with Gasteiger partial charge < -0.3 is 5.11 Å². The molecule has 2 atom stereocenters. The predicted molar refractivity (Wildman–Crippen MR) is 96.3 cm³/mol. The molecule has 1 N–H and O–H groups in total. The van der Waals surface area contributed by atoms with Crippen molar-refractivity contribution in [2.24, 2.45) is 0 Å². The molecule has 1 fully saturated rings. The van der Waals surface area contributed by atoms with Crippen molar-refractivity contribution in [1.29, 1.82) is 0 Å². The summed E-state index contributed by atoms with van der Waals surface area (Å²) >= 11 is 0. The third kappa shape index (κ3) is 3.36. The summed E-state index contributed by atoms with van der Waals surface area (Å²) in [7, 11) is 0. The lowest BCUT2D eigenvalue weighted by molar-refractivity contribution is -0.142. The van der Waals surface area contributed by atoms with Crippen LogP contribution in [0.15, 0.2) is 42.5 Å². The quantitative estimate of drug-likeness (QED) is 0.914. The van der Waals surface area contributed by atoms with Gasteiger partial charge in [0.25, 0.3) is 0 Å². The second-order valence-electron chi connectivity index (χ2n) is 6.97. The predicted octanol–water partition coefficient (Wildman–Crippen LogP) is 4.25. The molecule has 1 aliphatic heterocycles. The highest BCUT2D eigenvalue weighted by Crippen LogP contribution is 2.35. The van der Waals surface area contributed by atoms with Gasteiger partial charge in [-0.2, -0.15) is 0 Å². The van der Waals surface area contributed by atoms with Gasteiger partial charge in [-0.05, 0) is 44.7 Å². The first-order chi connectivity index (χ1) is 11.5. The van der Waals surface area contributed by atoms with E-state index in [1.807, 2.05) is 0 Å². The number of rotatable bonds is 4. The number of carboxylic acids is 1. The Morgan fingerprint density at radius 2 is 1.62 bits per heavy atom. The molecule has 0 aromatic heterocycles. The number of aryl methyl sites for hydroxylation is 3. The highest BCUT2D eigenvalue weighted by Gasteiger charge is 2.36. The van der Waals surface area contributed by atoms with Crippen LogP contribution in [0.25, 0.3) is 0 Å². The molecule has 0 saturated carbocycles. The number of carboxylic acid groups (broad SMARTS) is 1. The molecule has 3 heteroatoms. The summed E-state index contributed by atoms with van der Waals surface area (Å²) in [6.07, 6.45) is 1.66. The number of nitrogens with zero attached hydrogens (tertiary/aromatic N) is 1. The van der Waals surface area contributed by atoms with Crippen LogP contribution < -0.4 is 0 Å². The van der Waals surface area contributed by atoms with Crippen molar-refractivity contribution in [3.05, 3.63) is 70.3 Å². The molecule has 3 nitrogen and oxygen atoms in total. The van der Waals surface area contributed by atoms with Gasteiger partial charge in [-0.3, -0.25) is 9.69 Å². The first-order valence-electron chi connectivity index (χ1n) is 8.59. The van der Waals surface area contributed by atoms with E-state index in [1.165, 1.54) is 27.8 Å². The fraction of sp³-hybridized carbons (Fsp3) is 0.381. The Kier molecular flexibility index (Phi) is 4.72. The standard InChI is InChI=1S/C21H25NO2/c1-14-6-8-17(9-7-14)20(18-12-15(2)11-16(3)13-18)22-10-4-5-19(22)21(23)24/h6-9,11-13,19-20H,4-5,10H2,1-3H3,(H,23,24). The van der Waals surface area contributed by atoms with E-state index in [2.05, 4.69) is 68.1 Å². The second-order valence-corrected chi connectivity index (χ2v) is 6.97. The minimum atomic E-state index is -0.714. The molecule has 0 radical (unpaired) electrons. The number of hydrogen-bond acceptors (Lipinski definition) is 2. The van der Waals surface area contributed by atoms with Crippen LogP contribution in [0.5, 0.6) is 0 Å². The Balaban J connectivity index is 2.10. The third-order valence-corrected chi connectivity index (χ3v) is 4.86. The van der Waals surface area contributed by atoms with E-state index in [4.69, 9.17) is 0 Å². The maximum Gasteiger partial charge on any atom is 0.320 e. The first kappa shape index (κ1) is 16.7. The van der Waals surface area contributed by atoms with E-state index in [-0.39, 0.29) is 6.04 Å². The third-order valence-electron chi connectivity index (χ3n) is 4.86. The van der Waals surface area contributed by atoms with Gasteiger partial charge in [0.1, 0.15) is 6.04 Å². The maximum atomic E-state index is 11.7. The topological polar surface area (TPSA) is 40.5 Å². The van der Waals surface area contributed by atoms with Crippen LogP contribution in [0, 0.1) is 20.8 Å². The molecule has 126 valence electrons. The van der Waals surface area contributed by atoms with Crippen LogP contribution in [-0.4, -0.2) is 28.6 Å². The molecule has 2 aromatic rings. The summed E-state index contributed by atoms with van der Waals surface area (Å²) in [5, 5.41) is 9.64. The summed E-state index contributed by atoms with van der Waals surface area (Å²) in [6.45, 7) is 7.09. The van der Waals surface area contributed by atoms with Crippen LogP contribution in [0.4, 0.5) is 0 Å². The van der Waals surface area contributed by atoms with Gasteiger partial charge in [0.2, 0.25) is 0 Å². The monoisotopic (exact) mass is 323 g/mol. The Bertz CT molecular complexity index is 716. The van der Waals surface area contributed by atoms with Crippen molar-refractivity contribution in [2.75, 3.05) is 6.54 Å². The molecule has 2 aromatic carbocycles. The minimum absolute atomic E-state index is 0.00667. The number of aliphatic carboxylic acids is 1. The first-order valence-corrected chi connectivity index (χ1v) is 8.59. The largest absolute Gasteiger partial charge is 0.480 e. The molecule has 0 amide bonds. The number of benzene rings is 2. The van der Waals surface area contributed by atoms with Gasteiger partial charge in [-0.1, -0.05) is 59.2 Å². The van der Waals surface area contributed by atoms with Crippen LogP contribution in [0.2, 0.25) is 0 Å². The number of carbonyl (C=O) groups is 1. The summed E-state index contributed by atoms with van der Waals surface area (Å²) in [5.41, 5.74) is 6.00. The second kappa shape index (κ2) is 6.78. The zero-order chi connectivity index (χ0) is 17.3. The van der Waals surface area contributed by atoms with Crippen LogP contribution in [0.3, 0.4) is 0 Å². The van der Waals surface area contributed by atoms with E-state index in [0.29, 0.717) is 0 Å². The lowest BCUT2D eigenvalue weighted by Gasteiger charge is -2.32. The Morgan fingerprint density at radius 3 is 2.21 bits per heavy atom. The molecule has 1 heterocycles. The highest BCUT2D eigenvalue weighted by molar-refractivity contribution is 5.74. The molecule has 0 spiro atoms. The summed E-state index contributed by atoms with van der Waals surface area (Å²) in [5.74, 6) is -0.714. The zero-order valence-corrected chi connectivity index (χ0v) is 14.6. The van der Waals surface area contributed by atoms with E-state index in [9.17, 15) is 9.90 Å². The van der Waals surface area contributed by atoms with Gasteiger partial charge in [0.15, 0.2) is 0 Å². The van der Waals surface area contributed by atoms with Crippen molar-refractivity contribution in [1.82, 2.24) is 4.90 Å². The fourth-order valence-electron chi connectivity index (χ4n) is 3.86. The van der Waals surface area contributed by atoms with Gasteiger partial charge in [0.05, 0.1) is 6.04 Å². The van der Waals surface area contributed by atoms with Crippen molar-refractivity contribution in [3.63, 3.8) is 0 Å². The summed E-state index contributed by atoms with van der Waals surface area (Å²) in [6, 6.07) is 14.6. The Hall–Kier alpha value is -2.13. The van der Waals surface area contributed by atoms with Crippen molar-refractivity contribution >= 4 is 5.97 Å². The number of hydrogen-bond donors (Lipinski definition) is 1. The van der Waals surface area contributed by atoms with Crippen molar-refractivity contribution in [3.8, 4) is 0 Å². The number of likely N-dealkylation sites (tertiary alicyclic amines) is 1. The summed E-state index contributed by atoms with van der Waals surface area (Å²) in [4.78, 5) is 13.9. The molecule has 24 heavy (non-hydrogen) atoms. The molecule has 3 rings (SSSR count). The molecular weight excluding hydrogens is 298 g/mol. The normalized spacial score (nSPS) is 19.4. The average molecular weight is 323 g/mol. The lowest BCUT2D eigenvalue weighted by Crippen LogP contribution is -2.39. The molecule has 2 unspecified atom stereocenters. The van der Waals surface area contributed by atoms with Crippen LogP contribution in [0.1, 0.15) is 46.7 Å². The minimum Gasteiger partial charge on any atom is -0.480 e. The van der Waals surface area contributed by atoms with E-state index in [0.717, 1.165) is 19.4 Å². The van der Waals surface area contributed by atoms with Gasteiger partial charge >= 0.3 is 5.97 Å². The van der Waals surface area contributed by atoms with Crippen molar-refractivity contribution in [2.45, 2.75) is 45.7 Å². The van der Waals surface area contributed by atoms with Crippen molar-refractivity contribution < 1.29 is 9.90 Å². The maximum absolute atomic E-state index is 11.7. The SMILES string of the molecule is Cc1ccc(C(c2cc(C)cc(C)c2)N2CCCC2C(=O)O)cc1. The smallest absolute Gasteiger partial charge is 0.320 e. The van der Waals surface area contributed by atoms with Gasteiger partial charge in [-0.15, -0.1) is 0 Å². The fourth-order valence-corrected chi connectivity index (χ4v) is 3.86. The molecular formula is C21H25NO2. The molecule has 1 aliphatic rings. The zero-order valence-electron chi connectivity index (χ0n) is 14.6. The Morgan fingerprint density at radius 1 is 1.00 bits per heavy atom. The highest BCUT2D eigenvalue weighted by atomic mass is 16.4. The van der Waals surface area contributed by atoms with Gasteiger partial charge in [0, 0.05) is 6.54 Å². The van der Waals surface area contributed by atoms with Gasteiger partial charge in [-0.25, -0.2) is 0 Å². The lowest BCUT2D eigenvalue weighted by atomic mass is 9.93. The van der Waals surface area contributed by atoms with E-state index in [1.54, 1.807) is 0 Å². The molecule has 0 aliphatic carbocycles. The Labute approximate surface area is 143 Å². The van der Waals surface area contributed by atoms with Crippen LogP contribution in [-0.2, 0) is 4.79 Å². The van der Waals surface area contributed by atoms with E-state index < -0.39 is 12.0 Å². The molecule has 0 bridgehead atoms. The summed E-state index contributed by atoms with van der Waals surface area (Å²) < 4.78 is 0. The average Bonchev–Trinajstić information content (AvgIpc) is 2.98. The van der Waals surface area contributed by atoms with Crippen LogP contribution >= 0.6 is 0 Å².